The summed E-state index contributed by atoms with van der Waals surface area (Å²) < 4.78 is 5.23. The standard InChI is InChI=1S/C18H20N4O2.ClH/c1-18(9-16(23)22(2)17(19)21-18)14-6-4-5-12(7-14)13-8-15(24-3)11-20-10-13;/h4-8,10-11H,9H2,1-3H3,(H2,19,21);1H. The number of aromatic nitrogens is 1. The number of hydrogen-bond donors (Lipinski definition) is 1. The Morgan fingerprint density at radius 3 is 2.68 bits per heavy atom. The molecule has 132 valence electrons. The molecular weight excluding hydrogens is 340 g/mol. The molecule has 0 fully saturated rings. The summed E-state index contributed by atoms with van der Waals surface area (Å²) in [5.41, 5.74) is 8.09. The van der Waals surface area contributed by atoms with Crippen LogP contribution in [0, 0.1) is 0 Å². The normalized spacial score (nSPS) is 19.9. The van der Waals surface area contributed by atoms with Gasteiger partial charge in [-0.1, -0.05) is 18.2 Å². The van der Waals surface area contributed by atoms with E-state index in [2.05, 4.69) is 9.98 Å². The molecule has 0 bridgehead atoms. The minimum atomic E-state index is -0.671. The van der Waals surface area contributed by atoms with Crippen molar-refractivity contribution in [1.82, 2.24) is 9.88 Å². The van der Waals surface area contributed by atoms with Crippen LogP contribution in [0.4, 0.5) is 0 Å². The summed E-state index contributed by atoms with van der Waals surface area (Å²) in [5.74, 6) is 0.890. The predicted molar refractivity (Wildman–Crippen MR) is 99.8 cm³/mol. The van der Waals surface area contributed by atoms with E-state index in [1.165, 1.54) is 4.90 Å². The quantitative estimate of drug-likeness (QED) is 0.912. The number of methoxy groups -OCH3 is 1. The minimum absolute atomic E-state index is 0. The van der Waals surface area contributed by atoms with E-state index < -0.39 is 5.54 Å². The van der Waals surface area contributed by atoms with Gasteiger partial charge in [0.2, 0.25) is 5.91 Å². The topological polar surface area (TPSA) is 80.8 Å². The Labute approximate surface area is 153 Å². The lowest BCUT2D eigenvalue weighted by atomic mass is 9.86. The second-order valence-electron chi connectivity index (χ2n) is 6.07. The SMILES string of the molecule is COc1cncc(-c2cccc(C3(C)CC(=O)N(C)C(N)=N3)c2)c1.Cl. The predicted octanol–water partition coefficient (Wildman–Crippen LogP) is 2.57. The summed E-state index contributed by atoms with van der Waals surface area (Å²) in [4.78, 5) is 22.3. The maximum Gasteiger partial charge on any atom is 0.231 e. The van der Waals surface area contributed by atoms with Crippen molar-refractivity contribution >= 4 is 24.3 Å². The molecule has 1 amide bonds. The molecule has 0 spiro atoms. The van der Waals surface area contributed by atoms with Crippen LogP contribution in [0.5, 0.6) is 5.75 Å². The second-order valence-corrected chi connectivity index (χ2v) is 6.07. The van der Waals surface area contributed by atoms with Crippen molar-refractivity contribution in [3.05, 3.63) is 48.3 Å². The Balaban J connectivity index is 0.00000225. The molecule has 1 atom stereocenters. The number of nitrogens with two attached hydrogens (primary N) is 1. The number of halogens is 1. The van der Waals surface area contributed by atoms with Gasteiger partial charge in [0, 0.05) is 18.8 Å². The van der Waals surface area contributed by atoms with Crippen molar-refractivity contribution in [2.45, 2.75) is 18.9 Å². The average Bonchev–Trinajstić information content (AvgIpc) is 2.60. The van der Waals surface area contributed by atoms with Crippen molar-refractivity contribution in [1.29, 1.82) is 0 Å². The van der Waals surface area contributed by atoms with Gasteiger partial charge in [0.05, 0.1) is 25.3 Å². The summed E-state index contributed by atoms with van der Waals surface area (Å²) in [6.45, 7) is 1.92. The third kappa shape index (κ3) is 3.58. The Kier molecular flexibility index (Phi) is 5.33. The van der Waals surface area contributed by atoms with Gasteiger partial charge in [-0.2, -0.15) is 0 Å². The van der Waals surface area contributed by atoms with E-state index >= 15 is 0 Å². The number of pyridine rings is 1. The molecule has 0 aliphatic carbocycles. The lowest BCUT2D eigenvalue weighted by Gasteiger charge is -2.33. The van der Waals surface area contributed by atoms with E-state index in [0.717, 1.165) is 16.7 Å². The number of benzene rings is 1. The van der Waals surface area contributed by atoms with Crippen molar-refractivity contribution in [3.63, 3.8) is 0 Å². The summed E-state index contributed by atoms with van der Waals surface area (Å²) >= 11 is 0. The molecule has 25 heavy (non-hydrogen) atoms. The zero-order chi connectivity index (χ0) is 17.3. The molecule has 1 aromatic heterocycles. The fraction of sp³-hybridized carbons (Fsp3) is 0.278. The van der Waals surface area contributed by atoms with Crippen LogP contribution >= 0.6 is 12.4 Å². The van der Waals surface area contributed by atoms with Crippen molar-refractivity contribution < 1.29 is 9.53 Å². The smallest absolute Gasteiger partial charge is 0.231 e. The minimum Gasteiger partial charge on any atom is -0.495 e. The first-order valence-electron chi connectivity index (χ1n) is 7.65. The van der Waals surface area contributed by atoms with Crippen LogP contribution in [0.2, 0.25) is 0 Å². The monoisotopic (exact) mass is 360 g/mol. The van der Waals surface area contributed by atoms with Gasteiger partial charge in [-0.05, 0) is 30.2 Å². The first-order chi connectivity index (χ1) is 11.4. The molecular formula is C18H21ClN4O2. The van der Waals surface area contributed by atoms with Gasteiger partial charge < -0.3 is 10.5 Å². The van der Waals surface area contributed by atoms with Crippen molar-refractivity contribution in [2.75, 3.05) is 14.2 Å². The van der Waals surface area contributed by atoms with Crippen LogP contribution in [-0.4, -0.2) is 35.9 Å². The van der Waals surface area contributed by atoms with Crippen LogP contribution in [0.1, 0.15) is 18.9 Å². The molecule has 2 aromatic rings. The van der Waals surface area contributed by atoms with Gasteiger partial charge in [-0.25, -0.2) is 4.99 Å². The molecule has 2 heterocycles. The van der Waals surface area contributed by atoms with Gasteiger partial charge >= 0.3 is 0 Å². The number of aliphatic imine (C=N–C) groups is 1. The number of hydrogen-bond acceptors (Lipinski definition) is 5. The molecule has 2 N–H and O–H groups in total. The second kappa shape index (κ2) is 7.11. The van der Waals surface area contributed by atoms with E-state index in [9.17, 15) is 4.79 Å². The summed E-state index contributed by atoms with van der Waals surface area (Å²) in [6, 6.07) is 9.85. The highest BCUT2D eigenvalue weighted by Crippen LogP contribution is 2.35. The van der Waals surface area contributed by atoms with E-state index in [0.29, 0.717) is 5.75 Å². The van der Waals surface area contributed by atoms with Crippen LogP contribution in [0.15, 0.2) is 47.7 Å². The third-order valence-corrected chi connectivity index (χ3v) is 4.34. The van der Waals surface area contributed by atoms with Crippen LogP contribution in [-0.2, 0) is 10.3 Å². The molecule has 7 heteroatoms. The highest BCUT2D eigenvalue weighted by atomic mass is 35.5. The molecule has 3 rings (SSSR count). The van der Waals surface area contributed by atoms with E-state index in [-0.39, 0.29) is 30.7 Å². The molecule has 1 unspecified atom stereocenters. The number of ether oxygens (including phenoxy) is 1. The van der Waals surface area contributed by atoms with Crippen LogP contribution in [0.3, 0.4) is 0 Å². The molecule has 0 saturated carbocycles. The summed E-state index contributed by atoms with van der Waals surface area (Å²) in [6.07, 6.45) is 3.72. The largest absolute Gasteiger partial charge is 0.495 e. The fourth-order valence-electron chi connectivity index (χ4n) is 2.80. The molecule has 0 radical (unpaired) electrons. The molecule has 1 aliphatic rings. The molecule has 0 saturated heterocycles. The highest BCUT2D eigenvalue weighted by Gasteiger charge is 2.36. The van der Waals surface area contributed by atoms with E-state index in [4.69, 9.17) is 10.5 Å². The van der Waals surface area contributed by atoms with Crippen molar-refractivity contribution in [2.24, 2.45) is 10.7 Å². The number of rotatable bonds is 3. The van der Waals surface area contributed by atoms with Gasteiger partial charge in [0.1, 0.15) is 5.75 Å². The third-order valence-electron chi connectivity index (χ3n) is 4.34. The Hall–Kier alpha value is -2.60. The molecule has 1 aromatic carbocycles. The van der Waals surface area contributed by atoms with Crippen LogP contribution < -0.4 is 10.5 Å². The molecule has 6 nitrogen and oxygen atoms in total. The van der Waals surface area contributed by atoms with Gasteiger partial charge in [-0.3, -0.25) is 14.7 Å². The van der Waals surface area contributed by atoms with E-state index in [1.807, 2.05) is 37.3 Å². The number of amides is 1. The Bertz CT molecular complexity index is 824. The molecule has 1 aliphatic heterocycles. The van der Waals surface area contributed by atoms with Gasteiger partial charge in [0.15, 0.2) is 5.96 Å². The zero-order valence-electron chi connectivity index (χ0n) is 14.4. The fourth-order valence-corrected chi connectivity index (χ4v) is 2.80. The number of carbonyl (C=O) groups is 1. The van der Waals surface area contributed by atoms with Gasteiger partial charge in [0.25, 0.3) is 0 Å². The van der Waals surface area contributed by atoms with Crippen LogP contribution in [0.25, 0.3) is 11.1 Å². The lowest BCUT2D eigenvalue weighted by molar-refractivity contribution is -0.128. The zero-order valence-corrected chi connectivity index (χ0v) is 15.2. The summed E-state index contributed by atoms with van der Waals surface area (Å²) in [7, 11) is 3.25. The average molecular weight is 361 g/mol. The lowest BCUT2D eigenvalue weighted by Crippen LogP contribution is -2.47. The maximum atomic E-state index is 12.2. The van der Waals surface area contributed by atoms with E-state index in [1.54, 1.807) is 26.6 Å². The summed E-state index contributed by atoms with van der Waals surface area (Å²) in [5, 5.41) is 0. The number of nitrogens with zero attached hydrogens (tertiary/aromatic N) is 3. The number of guanidine groups is 1. The first-order valence-corrected chi connectivity index (χ1v) is 7.65. The maximum absolute atomic E-state index is 12.2. The number of carbonyl (C=O) groups excluding carboxylic acids is 1. The first kappa shape index (κ1) is 18.7. The Morgan fingerprint density at radius 2 is 2.00 bits per heavy atom. The Morgan fingerprint density at radius 1 is 1.24 bits per heavy atom. The van der Waals surface area contributed by atoms with Crippen molar-refractivity contribution in [3.8, 4) is 16.9 Å². The highest BCUT2D eigenvalue weighted by molar-refractivity contribution is 5.98. The van der Waals surface area contributed by atoms with Gasteiger partial charge in [-0.15, -0.1) is 12.4 Å².